The minimum atomic E-state index is -2.63. The molecule has 38 heavy (non-hydrogen) atoms. The average molecular weight is 526 g/mol. The van der Waals surface area contributed by atoms with Crippen LogP contribution < -0.4 is 10.6 Å². The number of nitrogens with zero attached hydrogens (tertiary/aromatic N) is 1. The van der Waals surface area contributed by atoms with Gasteiger partial charge < -0.3 is 15.5 Å². The molecular formula is C31H38F3N3O. The molecule has 1 amide bonds. The zero-order valence-corrected chi connectivity index (χ0v) is 22.1. The largest absolute Gasteiger partial charge is 0.339 e. The number of likely N-dealkylation sites (tertiary alicyclic amines) is 1. The zero-order chi connectivity index (χ0) is 26.5. The summed E-state index contributed by atoms with van der Waals surface area (Å²) in [4.78, 5) is 16.5. The summed E-state index contributed by atoms with van der Waals surface area (Å²) in [7, 11) is 0. The van der Waals surface area contributed by atoms with Gasteiger partial charge in [0.05, 0.1) is 5.92 Å². The summed E-state index contributed by atoms with van der Waals surface area (Å²) in [6.45, 7) is 5.51. The highest BCUT2D eigenvalue weighted by molar-refractivity contribution is 5.82. The number of hydrogen-bond donors (Lipinski definition) is 2. The van der Waals surface area contributed by atoms with Crippen LogP contribution in [-0.4, -0.2) is 49.0 Å². The Hall–Kier alpha value is -2.38. The van der Waals surface area contributed by atoms with Crippen LogP contribution in [-0.2, 0) is 16.8 Å². The molecule has 4 atom stereocenters. The van der Waals surface area contributed by atoms with Gasteiger partial charge in [0.15, 0.2) is 0 Å². The van der Waals surface area contributed by atoms with Crippen LogP contribution in [0.5, 0.6) is 0 Å². The molecule has 6 rings (SSSR count). The number of aryl methyl sites for hydroxylation is 1. The van der Waals surface area contributed by atoms with E-state index >= 15 is 0 Å². The lowest BCUT2D eigenvalue weighted by Gasteiger charge is -2.48. The molecular weight excluding hydrogens is 487 g/mol. The van der Waals surface area contributed by atoms with Gasteiger partial charge in [0.25, 0.3) is 0 Å². The molecule has 0 bridgehead atoms. The smallest absolute Gasteiger partial charge is 0.248 e. The molecule has 4 aliphatic rings. The minimum absolute atomic E-state index is 0.0107. The van der Waals surface area contributed by atoms with Crippen LogP contribution in [0.4, 0.5) is 13.2 Å². The Morgan fingerprint density at radius 1 is 1.03 bits per heavy atom. The fraction of sp³-hybridized carbons (Fsp3) is 0.581. The Kier molecular flexibility index (Phi) is 6.79. The highest BCUT2D eigenvalue weighted by Crippen LogP contribution is 2.46. The van der Waals surface area contributed by atoms with Crippen molar-refractivity contribution in [2.75, 3.05) is 26.2 Å². The maximum atomic E-state index is 14.8. The third kappa shape index (κ3) is 4.56. The summed E-state index contributed by atoms with van der Waals surface area (Å²) in [5.74, 6) is -2.94. The fourth-order valence-electron chi connectivity index (χ4n) is 7.87. The molecule has 1 saturated carbocycles. The van der Waals surface area contributed by atoms with Crippen molar-refractivity contribution in [2.45, 2.75) is 75.3 Å². The van der Waals surface area contributed by atoms with Gasteiger partial charge in [-0.15, -0.1) is 0 Å². The Morgan fingerprint density at radius 3 is 2.58 bits per heavy atom. The predicted octanol–water partition coefficient (Wildman–Crippen LogP) is 5.29. The predicted molar refractivity (Wildman–Crippen MR) is 142 cm³/mol. The van der Waals surface area contributed by atoms with E-state index in [0.29, 0.717) is 44.3 Å². The maximum absolute atomic E-state index is 14.8. The van der Waals surface area contributed by atoms with Crippen LogP contribution in [0.2, 0.25) is 0 Å². The van der Waals surface area contributed by atoms with Crippen LogP contribution in [0.1, 0.15) is 66.7 Å². The molecule has 2 aromatic rings. The van der Waals surface area contributed by atoms with Crippen molar-refractivity contribution in [1.82, 2.24) is 15.5 Å². The zero-order valence-electron chi connectivity index (χ0n) is 22.1. The summed E-state index contributed by atoms with van der Waals surface area (Å²) >= 11 is 0. The second kappa shape index (κ2) is 9.98. The number of amides is 1. The molecule has 1 spiro atoms. The molecule has 204 valence electrons. The number of halogens is 3. The normalized spacial score (nSPS) is 31.4. The van der Waals surface area contributed by atoms with Crippen LogP contribution >= 0.6 is 0 Å². The van der Waals surface area contributed by atoms with E-state index in [9.17, 15) is 18.0 Å². The molecule has 4 nitrogen and oxygen atoms in total. The first-order chi connectivity index (χ1) is 18.3. The number of piperidine rings is 1. The van der Waals surface area contributed by atoms with Crippen molar-refractivity contribution < 1.29 is 18.0 Å². The van der Waals surface area contributed by atoms with Gasteiger partial charge in [0.2, 0.25) is 11.8 Å². The van der Waals surface area contributed by atoms with E-state index in [4.69, 9.17) is 0 Å². The molecule has 7 heteroatoms. The Balaban J connectivity index is 1.31. The molecule has 2 N–H and O–H groups in total. The standard InChI is InChI=1S/C31H38F3N3O/c1-20-6-7-25-23(14-20)16-35-18-30(25)19-36-17-26(30)29(38)37-13-10-22(24-4-2-3-5-27(24)32)15-28(37)21-8-11-31(33,34)12-9-21/h2-7,14,21-22,26,28,35-36H,8-13,15-19H2,1H3/t22?,26-,28-,30-/m0/s1. The summed E-state index contributed by atoms with van der Waals surface area (Å²) in [5.41, 5.74) is 4.07. The van der Waals surface area contributed by atoms with E-state index in [1.165, 1.54) is 22.8 Å². The maximum Gasteiger partial charge on any atom is 0.248 e. The van der Waals surface area contributed by atoms with Gasteiger partial charge in [-0.05, 0) is 67.2 Å². The van der Waals surface area contributed by atoms with Crippen LogP contribution in [0, 0.1) is 24.6 Å². The van der Waals surface area contributed by atoms with Gasteiger partial charge >= 0.3 is 0 Å². The lowest BCUT2D eigenvalue weighted by Crippen LogP contribution is -2.57. The number of benzene rings is 2. The van der Waals surface area contributed by atoms with Crippen LogP contribution in [0.15, 0.2) is 42.5 Å². The molecule has 2 aromatic carbocycles. The first-order valence-corrected chi connectivity index (χ1v) is 14.2. The lowest BCUT2D eigenvalue weighted by molar-refractivity contribution is -0.144. The van der Waals surface area contributed by atoms with Crippen molar-refractivity contribution in [3.8, 4) is 0 Å². The summed E-state index contributed by atoms with van der Waals surface area (Å²) in [6, 6.07) is 13.3. The van der Waals surface area contributed by atoms with Crippen molar-refractivity contribution in [1.29, 1.82) is 0 Å². The van der Waals surface area contributed by atoms with Gasteiger partial charge in [-0.1, -0.05) is 42.0 Å². The second-order valence-corrected chi connectivity index (χ2v) is 12.1. The van der Waals surface area contributed by atoms with E-state index in [0.717, 1.165) is 19.6 Å². The average Bonchev–Trinajstić information content (AvgIpc) is 3.32. The highest BCUT2D eigenvalue weighted by atomic mass is 19.3. The van der Waals surface area contributed by atoms with Crippen molar-refractivity contribution in [3.05, 3.63) is 70.5 Å². The van der Waals surface area contributed by atoms with Crippen LogP contribution in [0.25, 0.3) is 0 Å². The molecule has 0 aromatic heterocycles. The quantitative estimate of drug-likeness (QED) is 0.572. The molecule has 3 heterocycles. The number of rotatable bonds is 3. The Labute approximate surface area is 223 Å². The fourth-order valence-corrected chi connectivity index (χ4v) is 7.87. The Morgan fingerprint density at radius 2 is 1.79 bits per heavy atom. The molecule has 2 saturated heterocycles. The number of hydrogen-bond acceptors (Lipinski definition) is 3. The molecule has 1 aliphatic carbocycles. The highest BCUT2D eigenvalue weighted by Gasteiger charge is 2.53. The number of fused-ring (bicyclic) bond motifs is 2. The lowest BCUT2D eigenvalue weighted by atomic mass is 9.67. The molecule has 1 unspecified atom stereocenters. The number of nitrogens with one attached hydrogen (secondary N) is 2. The van der Waals surface area contributed by atoms with E-state index in [1.807, 2.05) is 17.0 Å². The summed E-state index contributed by atoms with van der Waals surface area (Å²) in [6.07, 6.45) is 1.86. The molecule has 0 radical (unpaired) electrons. The monoisotopic (exact) mass is 525 g/mol. The Bertz CT molecular complexity index is 1190. The van der Waals surface area contributed by atoms with Gasteiger partial charge in [-0.2, -0.15) is 0 Å². The summed E-state index contributed by atoms with van der Waals surface area (Å²) < 4.78 is 43.0. The summed E-state index contributed by atoms with van der Waals surface area (Å²) in [5, 5.41) is 7.09. The van der Waals surface area contributed by atoms with E-state index < -0.39 is 5.92 Å². The SMILES string of the molecule is Cc1ccc2c(c1)CNC[C@]21CNC[C@H]1C(=O)N1CCC(c2ccccc2F)C[C@H]1C1CCC(F)(F)CC1. The van der Waals surface area contributed by atoms with Gasteiger partial charge in [0, 0.05) is 57.0 Å². The van der Waals surface area contributed by atoms with Gasteiger partial charge in [-0.25, -0.2) is 13.2 Å². The van der Waals surface area contributed by atoms with Crippen LogP contribution in [0.3, 0.4) is 0 Å². The third-order valence-electron chi connectivity index (χ3n) is 9.89. The number of alkyl halides is 2. The van der Waals surface area contributed by atoms with Crippen molar-refractivity contribution >= 4 is 5.91 Å². The second-order valence-electron chi connectivity index (χ2n) is 12.1. The van der Waals surface area contributed by atoms with E-state index in [-0.39, 0.29) is 53.8 Å². The molecule has 3 fully saturated rings. The minimum Gasteiger partial charge on any atom is -0.339 e. The molecule has 3 aliphatic heterocycles. The van der Waals surface area contributed by atoms with Gasteiger partial charge in [-0.3, -0.25) is 4.79 Å². The van der Waals surface area contributed by atoms with E-state index in [2.05, 4.69) is 35.8 Å². The number of carbonyl (C=O) groups excluding carboxylic acids is 1. The van der Waals surface area contributed by atoms with Crippen molar-refractivity contribution in [3.63, 3.8) is 0 Å². The topological polar surface area (TPSA) is 44.4 Å². The van der Waals surface area contributed by atoms with Gasteiger partial charge in [0.1, 0.15) is 5.82 Å². The van der Waals surface area contributed by atoms with E-state index in [1.54, 1.807) is 6.07 Å². The third-order valence-corrected chi connectivity index (χ3v) is 9.89. The number of carbonyl (C=O) groups is 1. The first kappa shape index (κ1) is 25.9. The first-order valence-electron chi connectivity index (χ1n) is 14.2. The van der Waals surface area contributed by atoms with Crippen molar-refractivity contribution in [2.24, 2.45) is 11.8 Å².